The molecule has 0 saturated heterocycles. The monoisotopic (exact) mass is 521 g/mol. The largest absolute Gasteiger partial charge is 0.393 e. The van der Waals surface area contributed by atoms with Gasteiger partial charge in [0.25, 0.3) is 0 Å². The van der Waals surface area contributed by atoms with Gasteiger partial charge in [-0.25, -0.2) is 0 Å². The molecule has 3 saturated carbocycles. The number of rotatable bonds is 7. The lowest BCUT2D eigenvalue weighted by atomic mass is 9.47. The number of hydrogen-bond acceptors (Lipinski definition) is 4. The summed E-state index contributed by atoms with van der Waals surface area (Å²) < 4.78 is 0. The minimum absolute atomic E-state index is 0.102. The lowest BCUT2D eigenvalue weighted by Gasteiger charge is -2.58. The van der Waals surface area contributed by atoms with Gasteiger partial charge in [-0.15, -0.1) is 0 Å². The first kappa shape index (κ1) is 28.1. The normalized spacial score (nSPS) is 37.6. The molecule has 4 aliphatic carbocycles. The third-order valence-electron chi connectivity index (χ3n) is 11.5. The molecule has 4 aliphatic rings. The molecule has 3 fully saturated rings. The molecule has 0 bridgehead atoms. The van der Waals surface area contributed by atoms with E-state index in [4.69, 9.17) is 0 Å². The van der Waals surface area contributed by atoms with Crippen LogP contribution >= 0.6 is 0 Å². The van der Waals surface area contributed by atoms with Gasteiger partial charge in [-0.2, -0.15) is 0 Å². The second-order valence-electron chi connectivity index (χ2n) is 14.6. The molecule has 4 nitrogen and oxygen atoms in total. The second-order valence-corrected chi connectivity index (χ2v) is 14.6. The fourth-order valence-electron chi connectivity index (χ4n) is 9.12. The molecule has 1 aromatic rings. The fourth-order valence-corrected chi connectivity index (χ4v) is 9.12. The summed E-state index contributed by atoms with van der Waals surface area (Å²) in [5.74, 6) is 2.64. The highest BCUT2D eigenvalue weighted by atomic mass is 16.3. The topological polar surface area (TPSA) is 69.6 Å². The van der Waals surface area contributed by atoms with E-state index in [1.165, 1.54) is 24.0 Å². The van der Waals surface area contributed by atoms with Crippen LogP contribution < -0.4 is 5.32 Å². The summed E-state index contributed by atoms with van der Waals surface area (Å²) in [5.41, 5.74) is 4.19. The van der Waals surface area contributed by atoms with Crippen molar-refractivity contribution in [1.29, 1.82) is 0 Å². The van der Waals surface area contributed by atoms with Crippen LogP contribution in [0.15, 0.2) is 35.9 Å². The van der Waals surface area contributed by atoms with E-state index in [1.54, 1.807) is 0 Å². The van der Waals surface area contributed by atoms with Gasteiger partial charge in [0.1, 0.15) is 5.78 Å². The van der Waals surface area contributed by atoms with Crippen LogP contribution in [-0.4, -0.2) is 35.2 Å². The number of aliphatic hydroxyl groups is 2. The molecule has 0 spiro atoms. The molecule has 3 N–H and O–H groups in total. The van der Waals surface area contributed by atoms with Gasteiger partial charge in [-0.05, 0) is 96.5 Å². The zero-order valence-corrected chi connectivity index (χ0v) is 24.4. The van der Waals surface area contributed by atoms with Crippen molar-refractivity contribution < 1.29 is 15.0 Å². The van der Waals surface area contributed by atoms with E-state index in [9.17, 15) is 15.0 Å². The SMILES string of the molecule is CC(C)(C)c1ccc(C(O)CNCCC(=O)C2CCC3C4CC=C5CC(O)CCC5(C)C4CCC23C)cc1. The van der Waals surface area contributed by atoms with Gasteiger partial charge in [-0.1, -0.05) is 70.5 Å². The number of fused-ring (bicyclic) bond motifs is 5. The van der Waals surface area contributed by atoms with Crippen molar-refractivity contribution >= 4 is 5.78 Å². The Morgan fingerprint density at radius 2 is 1.79 bits per heavy atom. The number of allylic oxidation sites excluding steroid dienone is 1. The Hall–Kier alpha value is -1.49. The predicted octanol–water partition coefficient (Wildman–Crippen LogP) is 6.51. The summed E-state index contributed by atoms with van der Waals surface area (Å²) in [4.78, 5) is 13.5. The minimum Gasteiger partial charge on any atom is -0.393 e. The molecule has 8 unspecified atom stereocenters. The first-order chi connectivity index (χ1) is 17.9. The lowest BCUT2D eigenvalue weighted by molar-refractivity contribution is -0.129. The van der Waals surface area contributed by atoms with Crippen molar-refractivity contribution in [2.24, 2.45) is 34.5 Å². The number of carbonyl (C=O) groups excluding carboxylic acids is 1. The van der Waals surface area contributed by atoms with E-state index in [0.29, 0.717) is 43.0 Å². The van der Waals surface area contributed by atoms with Crippen LogP contribution in [0.1, 0.15) is 110 Å². The molecular formula is C34H51NO3. The molecular weight excluding hydrogens is 470 g/mol. The van der Waals surface area contributed by atoms with Gasteiger partial charge in [0, 0.05) is 25.4 Å². The Morgan fingerprint density at radius 1 is 1.05 bits per heavy atom. The Bertz CT molecular complexity index is 1040. The summed E-state index contributed by atoms with van der Waals surface area (Å²) in [7, 11) is 0. The number of nitrogens with one attached hydrogen (secondary N) is 1. The maximum atomic E-state index is 13.5. The summed E-state index contributed by atoms with van der Waals surface area (Å²) >= 11 is 0. The van der Waals surface area contributed by atoms with E-state index < -0.39 is 6.10 Å². The van der Waals surface area contributed by atoms with Gasteiger partial charge >= 0.3 is 0 Å². The molecule has 4 heteroatoms. The Kier molecular flexibility index (Phi) is 7.74. The van der Waals surface area contributed by atoms with Crippen LogP contribution in [0.2, 0.25) is 0 Å². The smallest absolute Gasteiger partial charge is 0.137 e. The van der Waals surface area contributed by atoms with Crippen LogP contribution in [0, 0.1) is 34.5 Å². The standard InChI is InChI=1S/C34H51NO3/c1-32(2,3)23-8-6-22(7-9-23)31(38)21-35-19-16-30(37)29-13-12-27-26-11-10-24-20-25(36)14-17-33(24,4)28(26)15-18-34(27,29)5/h6-10,25-29,31,35-36,38H,11-21H2,1-5H3. The molecule has 38 heavy (non-hydrogen) atoms. The average molecular weight is 522 g/mol. The molecule has 0 aromatic heterocycles. The van der Waals surface area contributed by atoms with Gasteiger partial charge in [-0.3, -0.25) is 4.79 Å². The van der Waals surface area contributed by atoms with Crippen LogP contribution in [0.4, 0.5) is 0 Å². The molecule has 0 amide bonds. The third-order valence-corrected chi connectivity index (χ3v) is 11.5. The number of Topliss-reactive ketones (excluding diaryl/α,β-unsaturated/α-hetero) is 1. The van der Waals surface area contributed by atoms with Crippen molar-refractivity contribution in [3.63, 3.8) is 0 Å². The van der Waals surface area contributed by atoms with E-state index in [-0.39, 0.29) is 28.3 Å². The quantitative estimate of drug-likeness (QED) is 0.283. The van der Waals surface area contributed by atoms with Crippen molar-refractivity contribution in [1.82, 2.24) is 5.32 Å². The van der Waals surface area contributed by atoms with Crippen molar-refractivity contribution in [2.45, 2.75) is 110 Å². The van der Waals surface area contributed by atoms with Crippen LogP contribution in [0.25, 0.3) is 0 Å². The predicted molar refractivity (Wildman–Crippen MR) is 154 cm³/mol. The minimum atomic E-state index is -0.561. The maximum absolute atomic E-state index is 13.5. The molecule has 8 atom stereocenters. The van der Waals surface area contributed by atoms with E-state index in [1.807, 2.05) is 12.1 Å². The highest BCUT2D eigenvalue weighted by molar-refractivity contribution is 5.82. The summed E-state index contributed by atoms with van der Waals surface area (Å²) in [6.45, 7) is 12.6. The van der Waals surface area contributed by atoms with Gasteiger partial charge < -0.3 is 15.5 Å². The molecule has 0 heterocycles. The first-order valence-corrected chi connectivity index (χ1v) is 15.3. The van der Waals surface area contributed by atoms with Crippen molar-refractivity contribution in [3.8, 4) is 0 Å². The van der Waals surface area contributed by atoms with Crippen LogP contribution in [-0.2, 0) is 10.2 Å². The van der Waals surface area contributed by atoms with E-state index in [0.717, 1.165) is 44.1 Å². The average Bonchev–Trinajstić information content (AvgIpc) is 3.23. The van der Waals surface area contributed by atoms with Crippen LogP contribution in [0.3, 0.4) is 0 Å². The zero-order chi connectivity index (χ0) is 27.3. The zero-order valence-electron chi connectivity index (χ0n) is 24.4. The molecule has 1 aromatic carbocycles. The number of benzene rings is 1. The fraction of sp³-hybridized carbons (Fsp3) is 0.735. The van der Waals surface area contributed by atoms with Gasteiger partial charge in [0.15, 0.2) is 0 Å². The molecule has 210 valence electrons. The van der Waals surface area contributed by atoms with E-state index in [2.05, 4.69) is 58.1 Å². The van der Waals surface area contributed by atoms with E-state index >= 15 is 0 Å². The third kappa shape index (κ3) is 5.06. The Morgan fingerprint density at radius 3 is 2.50 bits per heavy atom. The molecule has 0 aliphatic heterocycles. The number of aliphatic hydroxyl groups excluding tert-OH is 2. The molecule has 5 rings (SSSR count). The van der Waals surface area contributed by atoms with Gasteiger partial charge in [0.2, 0.25) is 0 Å². The number of carbonyl (C=O) groups is 1. The first-order valence-electron chi connectivity index (χ1n) is 15.3. The number of hydrogen-bond donors (Lipinski definition) is 3. The maximum Gasteiger partial charge on any atom is 0.137 e. The summed E-state index contributed by atoms with van der Waals surface area (Å²) in [5, 5.41) is 24.3. The second kappa shape index (κ2) is 10.5. The van der Waals surface area contributed by atoms with Crippen LogP contribution in [0.5, 0.6) is 0 Å². The summed E-state index contributed by atoms with van der Waals surface area (Å²) in [6, 6.07) is 8.25. The summed E-state index contributed by atoms with van der Waals surface area (Å²) in [6.07, 6.45) is 11.0. The van der Waals surface area contributed by atoms with Crippen molar-refractivity contribution in [2.75, 3.05) is 13.1 Å². The van der Waals surface area contributed by atoms with Crippen molar-refractivity contribution in [3.05, 3.63) is 47.0 Å². The van der Waals surface area contributed by atoms with Gasteiger partial charge in [0.05, 0.1) is 12.2 Å². The highest BCUT2D eigenvalue weighted by Gasteiger charge is 2.59. The number of ketones is 1. The highest BCUT2D eigenvalue weighted by Crippen LogP contribution is 2.66. The Balaban J connectivity index is 1.14. The Labute approximate surface area is 230 Å². The lowest BCUT2D eigenvalue weighted by Crippen LogP contribution is -2.51. The molecule has 0 radical (unpaired) electrons.